The average molecular weight is 316 g/mol. The third-order valence-corrected chi connectivity index (χ3v) is 3.62. The summed E-state index contributed by atoms with van der Waals surface area (Å²) in [6.07, 6.45) is 1.16. The van der Waals surface area contributed by atoms with Gasteiger partial charge in [0, 0.05) is 18.7 Å². The number of benzene rings is 1. The van der Waals surface area contributed by atoms with Crippen LogP contribution in [0.15, 0.2) is 41.3 Å². The second-order valence-electron chi connectivity index (χ2n) is 4.99. The monoisotopic (exact) mass is 316 g/mol. The molecule has 0 N–H and O–H groups in total. The highest BCUT2D eigenvalue weighted by atomic mass is 19.1. The smallest absolute Gasteiger partial charge is 0.285 e. The minimum atomic E-state index is -0.571. The van der Waals surface area contributed by atoms with E-state index in [1.165, 1.54) is 10.6 Å². The third kappa shape index (κ3) is 2.59. The third-order valence-electron chi connectivity index (χ3n) is 3.62. The number of aromatic nitrogens is 3. The van der Waals surface area contributed by atoms with Crippen LogP contribution >= 0.6 is 0 Å². The number of hydrogen-bond acceptors (Lipinski definition) is 4. The molecule has 0 aliphatic heterocycles. The quantitative estimate of drug-likeness (QED) is 0.546. The lowest BCUT2D eigenvalue weighted by Crippen LogP contribution is -2.21. The molecule has 0 radical (unpaired) electrons. The average Bonchev–Trinajstić information content (AvgIpc) is 2.88. The fourth-order valence-corrected chi connectivity index (χ4v) is 2.54. The van der Waals surface area contributed by atoms with Gasteiger partial charge in [-0.1, -0.05) is 6.07 Å². The van der Waals surface area contributed by atoms with Crippen LogP contribution in [0.25, 0.3) is 11.0 Å². The summed E-state index contributed by atoms with van der Waals surface area (Å²) in [7, 11) is 0. The first-order valence-corrected chi connectivity index (χ1v) is 6.99. The normalized spacial score (nSPS) is 11.0. The number of halogens is 1. The Hall–Kier alpha value is -3.03. The molecule has 23 heavy (non-hydrogen) atoms. The van der Waals surface area contributed by atoms with Crippen LogP contribution in [-0.4, -0.2) is 19.0 Å². The Kier molecular flexibility index (Phi) is 3.65. The lowest BCUT2D eigenvalue weighted by atomic mass is 10.3. The number of hydrogen-bond donors (Lipinski definition) is 0. The fourth-order valence-electron chi connectivity index (χ4n) is 2.54. The molecule has 0 atom stereocenters. The molecule has 7 nitrogen and oxygen atoms in total. The lowest BCUT2D eigenvalue weighted by Gasteiger charge is -2.08. The molecule has 2 aromatic heterocycles. The summed E-state index contributed by atoms with van der Waals surface area (Å²) in [5, 5.41) is 10.8. The van der Waals surface area contributed by atoms with E-state index < -0.39 is 10.7 Å². The molecule has 8 heteroatoms. The van der Waals surface area contributed by atoms with Gasteiger partial charge in [0.1, 0.15) is 11.3 Å². The van der Waals surface area contributed by atoms with Crippen molar-refractivity contribution in [1.82, 2.24) is 14.1 Å². The van der Waals surface area contributed by atoms with Crippen molar-refractivity contribution in [3.8, 4) is 0 Å². The summed E-state index contributed by atoms with van der Waals surface area (Å²) in [5.41, 5.74) is 0.282. The summed E-state index contributed by atoms with van der Waals surface area (Å²) in [4.78, 5) is 26.4. The minimum Gasteiger partial charge on any atom is -0.327 e. The van der Waals surface area contributed by atoms with Crippen molar-refractivity contribution in [2.75, 3.05) is 0 Å². The van der Waals surface area contributed by atoms with Gasteiger partial charge in [-0.2, -0.15) is 0 Å². The first-order chi connectivity index (χ1) is 11.0. The molecule has 0 bridgehead atoms. The molecule has 0 saturated carbocycles. The summed E-state index contributed by atoms with van der Waals surface area (Å²) in [5.74, 6) is 0.0255. The number of fused-ring (bicyclic) bond motifs is 1. The molecule has 0 amide bonds. The number of nitrogens with zero attached hydrogens (tertiary/aromatic N) is 4. The number of pyridine rings is 1. The van der Waals surface area contributed by atoms with Crippen LogP contribution in [0.4, 0.5) is 10.1 Å². The zero-order valence-corrected chi connectivity index (χ0v) is 12.3. The molecule has 3 aromatic rings. The van der Waals surface area contributed by atoms with E-state index in [4.69, 9.17) is 0 Å². The maximum absolute atomic E-state index is 13.9. The van der Waals surface area contributed by atoms with Crippen LogP contribution in [0.5, 0.6) is 0 Å². The lowest BCUT2D eigenvalue weighted by molar-refractivity contribution is -0.385. The molecule has 0 fully saturated rings. The van der Waals surface area contributed by atoms with Crippen molar-refractivity contribution >= 4 is 16.7 Å². The van der Waals surface area contributed by atoms with Gasteiger partial charge in [-0.25, -0.2) is 9.37 Å². The zero-order valence-electron chi connectivity index (χ0n) is 12.3. The zero-order chi connectivity index (χ0) is 16.6. The second kappa shape index (κ2) is 5.64. The standard InChI is InChI=1S/C15H13FN4O3/c1-2-19-12-5-3-4-11(16)15(12)17-13(19)9-18-8-10(20(22)23)6-7-14(18)21/h3-8H,2,9H2,1H3. The maximum atomic E-state index is 13.9. The summed E-state index contributed by atoms with van der Waals surface area (Å²) < 4.78 is 16.8. The molecule has 1 aromatic carbocycles. The van der Waals surface area contributed by atoms with Gasteiger partial charge in [0.05, 0.1) is 23.2 Å². The number of rotatable bonds is 4. The predicted molar refractivity (Wildman–Crippen MR) is 81.8 cm³/mol. The largest absolute Gasteiger partial charge is 0.327 e. The van der Waals surface area contributed by atoms with Crippen molar-refractivity contribution in [1.29, 1.82) is 0 Å². The highest BCUT2D eigenvalue weighted by Gasteiger charge is 2.15. The first-order valence-electron chi connectivity index (χ1n) is 6.99. The van der Waals surface area contributed by atoms with Crippen LogP contribution < -0.4 is 5.56 Å². The van der Waals surface area contributed by atoms with E-state index in [9.17, 15) is 19.3 Å². The number of para-hydroxylation sites is 1. The Balaban J connectivity index is 2.12. The van der Waals surface area contributed by atoms with E-state index in [2.05, 4.69) is 4.98 Å². The van der Waals surface area contributed by atoms with E-state index in [1.54, 1.807) is 16.7 Å². The van der Waals surface area contributed by atoms with Gasteiger partial charge in [-0.05, 0) is 19.1 Å². The SMILES string of the molecule is CCn1c(Cn2cc([N+](=O)[O-])ccc2=O)nc2c(F)cccc21. The molecular formula is C15H13FN4O3. The molecular weight excluding hydrogens is 303 g/mol. The molecule has 118 valence electrons. The van der Waals surface area contributed by atoms with Crippen LogP contribution in [0, 0.1) is 15.9 Å². The Morgan fingerprint density at radius 1 is 1.30 bits per heavy atom. The Labute approximate surface area is 129 Å². The van der Waals surface area contributed by atoms with Gasteiger partial charge in [0.15, 0.2) is 5.82 Å². The summed E-state index contributed by atoms with van der Waals surface area (Å²) in [6, 6.07) is 6.95. The van der Waals surface area contributed by atoms with Gasteiger partial charge in [0.25, 0.3) is 11.2 Å². The van der Waals surface area contributed by atoms with Crippen molar-refractivity contribution in [2.45, 2.75) is 20.0 Å². The number of imidazole rings is 1. The molecule has 0 aliphatic carbocycles. The molecule has 0 saturated heterocycles. The van der Waals surface area contributed by atoms with E-state index in [1.807, 2.05) is 6.92 Å². The van der Waals surface area contributed by atoms with E-state index >= 15 is 0 Å². The van der Waals surface area contributed by atoms with Crippen molar-refractivity contribution in [2.24, 2.45) is 0 Å². The van der Waals surface area contributed by atoms with Crippen molar-refractivity contribution < 1.29 is 9.31 Å². The van der Waals surface area contributed by atoms with E-state index in [0.717, 1.165) is 18.3 Å². The Morgan fingerprint density at radius 2 is 2.09 bits per heavy atom. The van der Waals surface area contributed by atoms with Crippen LogP contribution in [0.2, 0.25) is 0 Å². The highest BCUT2D eigenvalue weighted by Crippen LogP contribution is 2.20. The van der Waals surface area contributed by atoms with E-state index in [0.29, 0.717) is 17.9 Å². The number of aryl methyl sites for hydroxylation is 1. The van der Waals surface area contributed by atoms with Gasteiger partial charge < -0.3 is 9.13 Å². The summed E-state index contributed by atoms with van der Waals surface area (Å²) >= 11 is 0. The van der Waals surface area contributed by atoms with E-state index in [-0.39, 0.29) is 23.3 Å². The highest BCUT2D eigenvalue weighted by molar-refractivity contribution is 5.76. The minimum absolute atomic E-state index is 0.0302. The van der Waals surface area contributed by atoms with Gasteiger partial charge in [-0.3, -0.25) is 14.9 Å². The Bertz CT molecular complexity index is 961. The molecule has 2 heterocycles. The van der Waals surface area contributed by atoms with Crippen LogP contribution in [0.3, 0.4) is 0 Å². The second-order valence-corrected chi connectivity index (χ2v) is 4.99. The van der Waals surface area contributed by atoms with Gasteiger partial charge in [-0.15, -0.1) is 0 Å². The van der Waals surface area contributed by atoms with Gasteiger partial charge in [0.2, 0.25) is 0 Å². The van der Waals surface area contributed by atoms with Crippen LogP contribution in [0.1, 0.15) is 12.7 Å². The first kappa shape index (κ1) is 14.9. The number of nitro groups is 1. The predicted octanol–water partition coefficient (Wildman–Crippen LogP) is 2.31. The fraction of sp³-hybridized carbons (Fsp3) is 0.200. The Morgan fingerprint density at radius 3 is 2.78 bits per heavy atom. The van der Waals surface area contributed by atoms with Crippen molar-refractivity contribution in [3.05, 3.63) is 68.6 Å². The molecule has 0 spiro atoms. The topological polar surface area (TPSA) is 83.0 Å². The van der Waals surface area contributed by atoms with Crippen LogP contribution in [-0.2, 0) is 13.1 Å². The maximum Gasteiger partial charge on any atom is 0.285 e. The van der Waals surface area contributed by atoms with Crippen molar-refractivity contribution in [3.63, 3.8) is 0 Å². The molecule has 0 aliphatic rings. The summed E-state index contributed by atoms with van der Waals surface area (Å²) in [6.45, 7) is 2.45. The molecule has 3 rings (SSSR count). The van der Waals surface area contributed by atoms with Gasteiger partial charge >= 0.3 is 0 Å². The molecule has 0 unspecified atom stereocenters.